The normalized spacial score (nSPS) is 12.5. The van der Waals surface area contributed by atoms with E-state index in [1.165, 1.54) is 0 Å². The number of hydrogen-bond donors (Lipinski definition) is 2. The van der Waals surface area contributed by atoms with Crippen LogP contribution in [0.25, 0.3) is 0 Å². The van der Waals surface area contributed by atoms with Crippen molar-refractivity contribution in [1.82, 2.24) is 5.32 Å². The van der Waals surface area contributed by atoms with E-state index in [1.54, 1.807) is 0 Å². The molecule has 0 aliphatic rings. The highest BCUT2D eigenvalue weighted by atomic mass is 16.1. The van der Waals surface area contributed by atoms with Crippen LogP contribution in [0, 0.1) is 5.92 Å². The van der Waals surface area contributed by atoms with Crippen molar-refractivity contribution in [3.8, 4) is 0 Å². The van der Waals surface area contributed by atoms with E-state index in [-0.39, 0.29) is 17.7 Å². The molecule has 0 aromatic heterocycles. The molecule has 1 atom stereocenters. The fourth-order valence-electron chi connectivity index (χ4n) is 1.80. The molecule has 1 unspecified atom stereocenters. The summed E-state index contributed by atoms with van der Waals surface area (Å²) >= 11 is 0. The molecule has 0 saturated heterocycles. The number of benzene rings is 1. The lowest BCUT2D eigenvalue weighted by Gasteiger charge is -2.20. The fraction of sp³-hybridized carbons (Fsp3) is 0.462. The molecule has 1 rings (SSSR count). The van der Waals surface area contributed by atoms with Gasteiger partial charge in [-0.2, -0.15) is 0 Å². The molecule has 0 aliphatic heterocycles. The second kappa shape index (κ2) is 6.28. The summed E-state index contributed by atoms with van der Waals surface area (Å²) in [5, 5.41) is 2.85. The number of carbonyl (C=O) groups excluding carboxylic acids is 1. The quantitative estimate of drug-likeness (QED) is 0.790. The SMILES string of the molecule is CC(C)C(C(=O)NCCN)c1ccccc1. The van der Waals surface area contributed by atoms with E-state index in [0.717, 1.165) is 5.56 Å². The van der Waals surface area contributed by atoms with E-state index in [0.29, 0.717) is 13.1 Å². The smallest absolute Gasteiger partial charge is 0.227 e. The summed E-state index contributed by atoms with van der Waals surface area (Å²) in [7, 11) is 0. The van der Waals surface area contributed by atoms with Crippen molar-refractivity contribution in [1.29, 1.82) is 0 Å². The number of hydrogen-bond acceptors (Lipinski definition) is 2. The zero-order chi connectivity index (χ0) is 12.0. The predicted octanol–water partition coefficient (Wildman–Crippen LogP) is 1.50. The summed E-state index contributed by atoms with van der Waals surface area (Å²) in [6.45, 7) is 5.12. The zero-order valence-electron chi connectivity index (χ0n) is 9.94. The minimum Gasteiger partial charge on any atom is -0.354 e. The van der Waals surface area contributed by atoms with Crippen LogP contribution < -0.4 is 11.1 Å². The van der Waals surface area contributed by atoms with Gasteiger partial charge in [0.25, 0.3) is 0 Å². The largest absolute Gasteiger partial charge is 0.354 e. The van der Waals surface area contributed by atoms with Crippen molar-refractivity contribution in [3.63, 3.8) is 0 Å². The molecular formula is C13H20N2O. The third kappa shape index (κ3) is 3.35. The van der Waals surface area contributed by atoms with Crippen LogP contribution in [0.4, 0.5) is 0 Å². The lowest BCUT2D eigenvalue weighted by Crippen LogP contribution is -2.35. The van der Waals surface area contributed by atoms with Crippen LogP contribution in [-0.2, 0) is 4.79 Å². The molecule has 0 aliphatic carbocycles. The zero-order valence-corrected chi connectivity index (χ0v) is 9.94. The summed E-state index contributed by atoms with van der Waals surface area (Å²) in [6.07, 6.45) is 0. The molecule has 88 valence electrons. The molecular weight excluding hydrogens is 200 g/mol. The summed E-state index contributed by atoms with van der Waals surface area (Å²) in [4.78, 5) is 12.0. The van der Waals surface area contributed by atoms with E-state index >= 15 is 0 Å². The van der Waals surface area contributed by atoms with Gasteiger partial charge in [0.2, 0.25) is 5.91 Å². The molecule has 0 heterocycles. The predicted molar refractivity (Wildman–Crippen MR) is 66.1 cm³/mol. The van der Waals surface area contributed by atoms with Gasteiger partial charge in [-0.3, -0.25) is 4.79 Å². The minimum absolute atomic E-state index is 0.0617. The van der Waals surface area contributed by atoms with Gasteiger partial charge in [0.1, 0.15) is 0 Å². The highest BCUT2D eigenvalue weighted by Crippen LogP contribution is 2.24. The Labute approximate surface area is 97.0 Å². The number of nitrogens with one attached hydrogen (secondary N) is 1. The maximum Gasteiger partial charge on any atom is 0.227 e. The lowest BCUT2D eigenvalue weighted by molar-refractivity contribution is -0.123. The molecule has 3 heteroatoms. The molecule has 1 aromatic carbocycles. The molecule has 1 amide bonds. The molecule has 3 N–H and O–H groups in total. The molecule has 0 fully saturated rings. The van der Waals surface area contributed by atoms with Crippen LogP contribution in [0.5, 0.6) is 0 Å². The molecule has 1 aromatic rings. The maximum absolute atomic E-state index is 12.0. The Hall–Kier alpha value is -1.35. The van der Waals surface area contributed by atoms with Crippen molar-refractivity contribution in [2.75, 3.05) is 13.1 Å². The van der Waals surface area contributed by atoms with Gasteiger partial charge in [-0.1, -0.05) is 44.2 Å². The molecule has 16 heavy (non-hydrogen) atoms. The van der Waals surface area contributed by atoms with E-state index in [4.69, 9.17) is 5.73 Å². The van der Waals surface area contributed by atoms with E-state index in [9.17, 15) is 4.79 Å². The van der Waals surface area contributed by atoms with Crippen LogP contribution in [0.2, 0.25) is 0 Å². The summed E-state index contributed by atoms with van der Waals surface area (Å²) in [5.74, 6) is 0.250. The summed E-state index contributed by atoms with van der Waals surface area (Å²) in [6, 6.07) is 9.86. The van der Waals surface area contributed by atoms with E-state index < -0.39 is 0 Å². The first-order valence-electron chi connectivity index (χ1n) is 5.69. The van der Waals surface area contributed by atoms with Gasteiger partial charge in [-0.15, -0.1) is 0 Å². The maximum atomic E-state index is 12.0. The van der Waals surface area contributed by atoms with Gasteiger partial charge in [-0.25, -0.2) is 0 Å². The highest BCUT2D eigenvalue weighted by molar-refractivity contribution is 5.83. The van der Waals surface area contributed by atoms with Crippen LogP contribution in [0.1, 0.15) is 25.3 Å². The Balaban J connectivity index is 2.79. The Morgan fingerprint density at radius 1 is 1.31 bits per heavy atom. The van der Waals surface area contributed by atoms with Gasteiger partial charge in [0.05, 0.1) is 5.92 Å². The molecule has 0 bridgehead atoms. The number of rotatable bonds is 5. The highest BCUT2D eigenvalue weighted by Gasteiger charge is 2.23. The topological polar surface area (TPSA) is 55.1 Å². The standard InChI is InChI=1S/C13H20N2O/c1-10(2)12(13(16)15-9-8-14)11-6-4-3-5-7-11/h3-7,10,12H,8-9,14H2,1-2H3,(H,15,16). The third-order valence-electron chi connectivity index (χ3n) is 2.55. The van der Waals surface area contributed by atoms with Crippen LogP contribution >= 0.6 is 0 Å². The Morgan fingerprint density at radius 2 is 1.94 bits per heavy atom. The Bertz CT molecular complexity index is 322. The third-order valence-corrected chi connectivity index (χ3v) is 2.55. The molecule has 0 spiro atoms. The first-order chi connectivity index (χ1) is 7.66. The van der Waals surface area contributed by atoms with Crippen LogP contribution in [-0.4, -0.2) is 19.0 Å². The second-order valence-electron chi connectivity index (χ2n) is 4.21. The van der Waals surface area contributed by atoms with Crippen molar-refractivity contribution in [3.05, 3.63) is 35.9 Å². The molecule has 3 nitrogen and oxygen atoms in total. The first-order valence-corrected chi connectivity index (χ1v) is 5.69. The fourth-order valence-corrected chi connectivity index (χ4v) is 1.80. The lowest BCUT2D eigenvalue weighted by atomic mass is 9.88. The van der Waals surface area contributed by atoms with Gasteiger partial charge in [-0.05, 0) is 11.5 Å². The second-order valence-corrected chi connectivity index (χ2v) is 4.21. The summed E-state index contributed by atoms with van der Waals surface area (Å²) in [5.41, 5.74) is 6.44. The van der Waals surface area contributed by atoms with Crippen molar-refractivity contribution in [2.45, 2.75) is 19.8 Å². The van der Waals surface area contributed by atoms with Crippen LogP contribution in [0.3, 0.4) is 0 Å². The minimum atomic E-state index is -0.0900. The van der Waals surface area contributed by atoms with E-state index in [2.05, 4.69) is 19.2 Å². The number of carbonyl (C=O) groups is 1. The monoisotopic (exact) mass is 220 g/mol. The average molecular weight is 220 g/mol. The first kappa shape index (κ1) is 12.7. The molecule has 0 radical (unpaired) electrons. The Kier molecular flexibility index (Phi) is 4.99. The molecule has 0 saturated carbocycles. The van der Waals surface area contributed by atoms with Gasteiger partial charge in [0, 0.05) is 13.1 Å². The average Bonchev–Trinajstić information content (AvgIpc) is 2.27. The van der Waals surface area contributed by atoms with Gasteiger partial charge in [0.15, 0.2) is 0 Å². The van der Waals surface area contributed by atoms with Crippen molar-refractivity contribution >= 4 is 5.91 Å². The van der Waals surface area contributed by atoms with E-state index in [1.807, 2.05) is 30.3 Å². The van der Waals surface area contributed by atoms with Gasteiger partial charge >= 0.3 is 0 Å². The summed E-state index contributed by atoms with van der Waals surface area (Å²) < 4.78 is 0. The number of nitrogens with two attached hydrogens (primary N) is 1. The van der Waals surface area contributed by atoms with Gasteiger partial charge < -0.3 is 11.1 Å². The van der Waals surface area contributed by atoms with Crippen LogP contribution in [0.15, 0.2) is 30.3 Å². The van der Waals surface area contributed by atoms with Crippen molar-refractivity contribution in [2.24, 2.45) is 11.7 Å². The Morgan fingerprint density at radius 3 is 2.44 bits per heavy atom. The number of amides is 1. The van der Waals surface area contributed by atoms with Crippen molar-refractivity contribution < 1.29 is 4.79 Å².